The summed E-state index contributed by atoms with van der Waals surface area (Å²) < 4.78 is 0. The monoisotopic (exact) mass is 182 g/mol. The topological polar surface area (TPSA) is 0 Å². The summed E-state index contributed by atoms with van der Waals surface area (Å²) in [5.41, 5.74) is 0. The molecule has 0 aliphatic rings. The summed E-state index contributed by atoms with van der Waals surface area (Å²) in [4.78, 5) is 0. The Labute approximate surface area is 67.6 Å². The van der Waals surface area contributed by atoms with Crippen LogP contribution in [-0.2, 0) is 11.8 Å². The van der Waals surface area contributed by atoms with E-state index in [2.05, 4.69) is 20.3 Å². The maximum atomic E-state index is 5.27. The molecule has 0 bridgehead atoms. The highest BCUT2D eigenvalue weighted by Crippen LogP contribution is 2.51. The minimum absolute atomic E-state index is 0.945. The normalized spacial score (nSPS) is 11.9. The minimum atomic E-state index is -0.945. The molecular weight excluding hydrogens is 167 g/mol. The van der Waals surface area contributed by atoms with Gasteiger partial charge in [-0.3, -0.25) is 0 Å². The Kier molecular flexibility index (Phi) is 5.29. The lowest BCUT2D eigenvalue weighted by Crippen LogP contribution is -1.75. The van der Waals surface area contributed by atoms with E-state index in [-0.39, 0.29) is 0 Å². The van der Waals surface area contributed by atoms with Crippen LogP contribution in [0.25, 0.3) is 0 Å². The van der Waals surface area contributed by atoms with E-state index < -0.39 is 5.24 Å². The third-order valence-corrected chi connectivity index (χ3v) is 5.35. The standard InChI is InChI=1S/C6H15PS2/c1-4-5-6-9-7(2,3)8/h4-6H2,1-3H3. The van der Waals surface area contributed by atoms with Crippen LogP contribution in [0.2, 0.25) is 0 Å². The molecule has 0 nitrogen and oxygen atoms in total. The summed E-state index contributed by atoms with van der Waals surface area (Å²) in [5.74, 6) is 1.26. The van der Waals surface area contributed by atoms with Crippen LogP contribution in [0.4, 0.5) is 0 Å². The van der Waals surface area contributed by atoms with E-state index >= 15 is 0 Å². The summed E-state index contributed by atoms with van der Waals surface area (Å²) in [5, 5.41) is -0.945. The van der Waals surface area contributed by atoms with Crippen molar-refractivity contribution < 1.29 is 0 Å². The molecule has 0 fully saturated rings. The number of hydrogen-bond acceptors (Lipinski definition) is 2. The zero-order valence-electron chi connectivity index (χ0n) is 6.39. The molecule has 0 N–H and O–H groups in total. The molecule has 0 atom stereocenters. The molecule has 0 rings (SSSR count). The van der Waals surface area contributed by atoms with Gasteiger partial charge in [0.1, 0.15) is 0 Å². The molecule has 3 heteroatoms. The van der Waals surface area contributed by atoms with Gasteiger partial charge in [-0.25, -0.2) is 0 Å². The highest BCUT2D eigenvalue weighted by atomic mass is 32.9. The summed E-state index contributed by atoms with van der Waals surface area (Å²) in [6.07, 6.45) is 2.62. The lowest BCUT2D eigenvalue weighted by molar-refractivity contribution is 0.898. The molecule has 9 heavy (non-hydrogen) atoms. The average Bonchev–Trinajstić information content (AvgIpc) is 1.63. The van der Waals surface area contributed by atoms with Crippen LogP contribution in [0.5, 0.6) is 0 Å². The minimum Gasteiger partial charge on any atom is -0.124 e. The summed E-state index contributed by atoms with van der Waals surface area (Å²) >= 11 is 7.26. The molecule has 0 saturated carbocycles. The van der Waals surface area contributed by atoms with E-state index in [1.54, 1.807) is 0 Å². The van der Waals surface area contributed by atoms with Gasteiger partial charge in [-0.2, -0.15) is 0 Å². The fourth-order valence-corrected chi connectivity index (χ4v) is 3.66. The second-order valence-electron chi connectivity index (χ2n) is 2.44. The maximum absolute atomic E-state index is 5.27. The Morgan fingerprint density at radius 2 is 2.00 bits per heavy atom. The molecule has 56 valence electrons. The van der Waals surface area contributed by atoms with Crippen molar-refractivity contribution in [2.75, 3.05) is 19.1 Å². The molecule has 0 aliphatic carbocycles. The van der Waals surface area contributed by atoms with E-state index in [0.29, 0.717) is 0 Å². The summed E-state index contributed by atoms with van der Waals surface area (Å²) in [7, 11) is 0. The van der Waals surface area contributed by atoms with Gasteiger partial charge in [0.2, 0.25) is 0 Å². The van der Waals surface area contributed by atoms with E-state index in [1.807, 2.05) is 11.4 Å². The molecule has 0 aromatic heterocycles. The third kappa shape index (κ3) is 9.00. The van der Waals surface area contributed by atoms with Crippen molar-refractivity contribution in [2.24, 2.45) is 0 Å². The number of rotatable bonds is 4. The van der Waals surface area contributed by atoms with E-state index in [4.69, 9.17) is 11.8 Å². The molecule has 0 saturated heterocycles. The van der Waals surface area contributed by atoms with Gasteiger partial charge in [0.05, 0.1) is 0 Å². The first-order valence-electron chi connectivity index (χ1n) is 3.26. The van der Waals surface area contributed by atoms with Crippen molar-refractivity contribution in [2.45, 2.75) is 19.8 Å². The molecule has 0 aliphatic heterocycles. The zero-order chi connectivity index (χ0) is 7.33. The summed E-state index contributed by atoms with van der Waals surface area (Å²) in [6, 6.07) is 0. The van der Waals surface area contributed by atoms with E-state index in [0.717, 1.165) is 0 Å². The number of unbranched alkanes of at least 4 members (excludes halogenated alkanes) is 1. The van der Waals surface area contributed by atoms with Crippen LogP contribution >= 0.6 is 16.6 Å². The molecule has 0 amide bonds. The quantitative estimate of drug-likeness (QED) is 0.484. The Balaban J connectivity index is 3.18. The predicted molar refractivity (Wildman–Crippen MR) is 53.5 cm³/mol. The van der Waals surface area contributed by atoms with Crippen molar-refractivity contribution in [3.05, 3.63) is 0 Å². The largest absolute Gasteiger partial charge is 0.124 e. The Morgan fingerprint density at radius 1 is 1.44 bits per heavy atom. The fraction of sp³-hybridized carbons (Fsp3) is 1.00. The highest BCUT2D eigenvalue weighted by Gasteiger charge is 1.99. The van der Waals surface area contributed by atoms with Gasteiger partial charge >= 0.3 is 0 Å². The first kappa shape index (κ1) is 10.0. The van der Waals surface area contributed by atoms with Crippen LogP contribution in [0, 0.1) is 0 Å². The van der Waals surface area contributed by atoms with Crippen LogP contribution in [-0.4, -0.2) is 19.1 Å². The highest BCUT2D eigenvalue weighted by molar-refractivity contribution is 8.70. The average molecular weight is 182 g/mol. The smallest absolute Gasteiger partial charge is 0.000717 e. The van der Waals surface area contributed by atoms with E-state index in [9.17, 15) is 0 Å². The fourth-order valence-electron chi connectivity index (χ4n) is 0.429. The van der Waals surface area contributed by atoms with Crippen molar-refractivity contribution >= 4 is 28.4 Å². The second kappa shape index (κ2) is 4.76. The van der Waals surface area contributed by atoms with Gasteiger partial charge in [0.25, 0.3) is 0 Å². The molecule has 0 heterocycles. The van der Waals surface area contributed by atoms with Crippen LogP contribution < -0.4 is 0 Å². The van der Waals surface area contributed by atoms with Crippen molar-refractivity contribution in [1.82, 2.24) is 0 Å². The summed E-state index contributed by atoms with van der Waals surface area (Å²) in [6.45, 7) is 6.61. The lowest BCUT2D eigenvalue weighted by Gasteiger charge is -2.07. The molecular formula is C6H15PS2. The Bertz CT molecular complexity index is 106. The van der Waals surface area contributed by atoms with Crippen LogP contribution in [0.1, 0.15) is 19.8 Å². The molecule has 0 aromatic rings. The molecule has 0 radical (unpaired) electrons. The second-order valence-corrected chi connectivity index (χ2v) is 12.6. The van der Waals surface area contributed by atoms with E-state index in [1.165, 1.54) is 18.6 Å². The lowest BCUT2D eigenvalue weighted by atomic mass is 10.4. The van der Waals surface area contributed by atoms with Crippen LogP contribution in [0.15, 0.2) is 0 Å². The van der Waals surface area contributed by atoms with Crippen molar-refractivity contribution in [1.29, 1.82) is 0 Å². The molecule has 0 unspecified atom stereocenters. The molecule has 0 spiro atoms. The van der Waals surface area contributed by atoms with Gasteiger partial charge in [-0.05, 0) is 25.5 Å². The third-order valence-electron chi connectivity index (χ3n) is 0.900. The van der Waals surface area contributed by atoms with Gasteiger partial charge in [-0.15, -0.1) is 11.4 Å². The van der Waals surface area contributed by atoms with Gasteiger partial charge in [-0.1, -0.05) is 25.2 Å². The van der Waals surface area contributed by atoms with Crippen molar-refractivity contribution in [3.63, 3.8) is 0 Å². The zero-order valence-corrected chi connectivity index (χ0v) is 8.91. The van der Waals surface area contributed by atoms with Gasteiger partial charge < -0.3 is 0 Å². The first-order valence-corrected chi connectivity index (χ1v) is 8.54. The van der Waals surface area contributed by atoms with Gasteiger partial charge in [0.15, 0.2) is 0 Å². The Hall–Kier alpha value is 1.00. The first-order chi connectivity index (χ1) is 4.06. The van der Waals surface area contributed by atoms with Crippen LogP contribution in [0.3, 0.4) is 0 Å². The number of hydrogen-bond donors (Lipinski definition) is 0. The predicted octanol–water partition coefficient (Wildman–Crippen LogP) is 3.17. The SMILES string of the molecule is CCCCSP(C)(C)=S. The molecule has 0 aromatic carbocycles. The Morgan fingerprint density at radius 3 is 2.33 bits per heavy atom. The van der Waals surface area contributed by atoms with Crippen molar-refractivity contribution in [3.8, 4) is 0 Å². The van der Waals surface area contributed by atoms with Gasteiger partial charge in [0, 0.05) is 5.24 Å². The maximum Gasteiger partial charge on any atom is 0.000717 e.